The highest BCUT2D eigenvalue weighted by molar-refractivity contribution is 5.93. The van der Waals surface area contributed by atoms with Crippen molar-refractivity contribution in [2.24, 2.45) is 11.7 Å². The number of fused-ring (bicyclic) bond motifs is 1. The minimum absolute atomic E-state index is 0.0410. The van der Waals surface area contributed by atoms with Crippen LogP contribution < -0.4 is 10.6 Å². The van der Waals surface area contributed by atoms with Gasteiger partial charge in [-0.1, -0.05) is 25.1 Å². The smallest absolute Gasteiger partial charge is 0.324 e. The van der Waals surface area contributed by atoms with Crippen molar-refractivity contribution < 1.29 is 4.79 Å². The van der Waals surface area contributed by atoms with Crippen molar-refractivity contribution in [1.29, 1.82) is 0 Å². The van der Waals surface area contributed by atoms with Gasteiger partial charge < -0.3 is 10.6 Å². The second-order valence-corrected chi connectivity index (χ2v) is 6.44. The Morgan fingerprint density at radius 1 is 1.19 bits per heavy atom. The monoisotopic (exact) mass is 287 g/mol. The number of carbonyl (C=O) groups excluding carboxylic acids is 1. The number of hydrogen-bond acceptors (Lipinski definition) is 2. The zero-order chi connectivity index (χ0) is 14.8. The standard InChI is InChI=1S/C17H25N3O/c1-13-6-4-10-19(12-13)17(21)20-11-5-8-15(18)14-7-2-3-9-16(14)20/h2-3,7,9,13,15H,4-6,8,10-12,18H2,1H3. The van der Waals surface area contributed by atoms with Gasteiger partial charge in [-0.25, -0.2) is 4.79 Å². The molecule has 2 unspecified atom stereocenters. The maximum Gasteiger partial charge on any atom is 0.324 e. The first-order chi connectivity index (χ1) is 10.2. The molecule has 0 saturated carbocycles. The Labute approximate surface area is 126 Å². The molecule has 0 spiro atoms. The number of carbonyl (C=O) groups is 1. The molecule has 21 heavy (non-hydrogen) atoms. The average molecular weight is 287 g/mol. The maximum atomic E-state index is 12.9. The molecule has 2 aliphatic rings. The molecule has 2 atom stereocenters. The van der Waals surface area contributed by atoms with E-state index in [1.807, 2.05) is 28.0 Å². The summed E-state index contributed by atoms with van der Waals surface area (Å²) >= 11 is 0. The van der Waals surface area contributed by atoms with Gasteiger partial charge in [0.15, 0.2) is 0 Å². The molecule has 1 saturated heterocycles. The molecule has 2 N–H and O–H groups in total. The van der Waals surface area contributed by atoms with E-state index in [9.17, 15) is 4.79 Å². The fourth-order valence-electron chi connectivity index (χ4n) is 3.52. The number of nitrogens with zero attached hydrogens (tertiary/aromatic N) is 2. The molecule has 1 fully saturated rings. The van der Waals surface area contributed by atoms with Gasteiger partial charge in [0.05, 0.1) is 5.69 Å². The summed E-state index contributed by atoms with van der Waals surface area (Å²) in [6.45, 7) is 4.76. The number of nitrogens with two attached hydrogens (primary N) is 1. The molecule has 114 valence electrons. The van der Waals surface area contributed by atoms with E-state index in [4.69, 9.17) is 5.73 Å². The quantitative estimate of drug-likeness (QED) is 0.797. The van der Waals surface area contributed by atoms with Crippen molar-refractivity contribution in [3.05, 3.63) is 29.8 Å². The molecule has 4 nitrogen and oxygen atoms in total. The summed E-state index contributed by atoms with van der Waals surface area (Å²) in [7, 11) is 0. The average Bonchev–Trinajstić information content (AvgIpc) is 2.66. The lowest BCUT2D eigenvalue weighted by atomic mass is 10.0. The fraction of sp³-hybridized carbons (Fsp3) is 0.588. The Hall–Kier alpha value is -1.55. The number of piperidine rings is 1. The minimum Gasteiger partial charge on any atom is -0.324 e. The highest BCUT2D eigenvalue weighted by Gasteiger charge is 2.29. The van der Waals surface area contributed by atoms with Gasteiger partial charge in [-0.2, -0.15) is 0 Å². The Morgan fingerprint density at radius 2 is 1.95 bits per heavy atom. The SMILES string of the molecule is CC1CCCN(C(=O)N2CCCC(N)c3ccccc32)C1. The minimum atomic E-state index is 0.0410. The highest BCUT2D eigenvalue weighted by atomic mass is 16.2. The topological polar surface area (TPSA) is 49.6 Å². The van der Waals surface area contributed by atoms with Crippen LogP contribution in [0.2, 0.25) is 0 Å². The summed E-state index contributed by atoms with van der Waals surface area (Å²) in [5, 5.41) is 0. The second-order valence-electron chi connectivity index (χ2n) is 6.44. The molecule has 0 aromatic heterocycles. The Bertz CT molecular complexity index is 517. The number of urea groups is 1. The normalized spacial score (nSPS) is 26.2. The van der Waals surface area contributed by atoms with Gasteiger partial charge in [0.2, 0.25) is 0 Å². The van der Waals surface area contributed by atoms with Crippen LogP contribution in [-0.4, -0.2) is 30.6 Å². The third-order valence-corrected chi connectivity index (χ3v) is 4.68. The zero-order valence-corrected chi connectivity index (χ0v) is 12.8. The molecule has 3 rings (SSSR count). The number of hydrogen-bond donors (Lipinski definition) is 1. The Morgan fingerprint density at radius 3 is 2.76 bits per heavy atom. The first-order valence-electron chi connectivity index (χ1n) is 8.08. The van der Waals surface area contributed by atoms with Crippen molar-refractivity contribution in [3.8, 4) is 0 Å². The van der Waals surface area contributed by atoms with E-state index in [0.29, 0.717) is 5.92 Å². The fourth-order valence-corrected chi connectivity index (χ4v) is 3.52. The summed E-state index contributed by atoms with van der Waals surface area (Å²) < 4.78 is 0. The molecule has 4 heteroatoms. The Balaban J connectivity index is 1.87. The molecule has 0 bridgehead atoms. The first-order valence-corrected chi connectivity index (χ1v) is 8.08. The van der Waals surface area contributed by atoms with E-state index in [2.05, 4.69) is 13.0 Å². The second kappa shape index (κ2) is 6.06. The molecule has 2 heterocycles. The van der Waals surface area contributed by atoms with Crippen LogP contribution in [-0.2, 0) is 0 Å². The van der Waals surface area contributed by atoms with Crippen molar-refractivity contribution in [2.45, 2.75) is 38.6 Å². The lowest BCUT2D eigenvalue weighted by molar-refractivity contribution is 0.176. The zero-order valence-electron chi connectivity index (χ0n) is 12.8. The van der Waals surface area contributed by atoms with E-state index >= 15 is 0 Å². The van der Waals surface area contributed by atoms with E-state index in [1.54, 1.807) is 0 Å². The van der Waals surface area contributed by atoms with Crippen LogP contribution in [0.5, 0.6) is 0 Å². The van der Waals surface area contributed by atoms with Gasteiger partial charge in [-0.05, 0) is 43.2 Å². The van der Waals surface area contributed by atoms with E-state index < -0.39 is 0 Å². The predicted octanol–water partition coefficient (Wildman–Crippen LogP) is 3.14. The predicted molar refractivity (Wildman–Crippen MR) is 85.3 cm³/mol. The van der Waals surface area contributed by atoms with E-state index in [0.717, 1.165) is 50.1 Å². The molecular weight excluding hydrogens is 262 g/mol. The van der Waals surface area contributed by atoms with Crippen molar-refractivity contribution in [2.75, 3.05) is 24.5 Å². The van der Waals surface area contributed by atoms with Crippen LogP contribution in [0.3, 0.4) is 0 Å². The van der Waals surface area contributed by atoms with Gasteiger partial charge in [0.1, 0.15) is 0 Å². The summed E-state index contributed by atoms with van der Waals surface area (Å²) in [4.78, 5) is 16.9. The number of benzene rings is 1. The van der Waals surface area contributed by atoms with Crippen molar-refractivity contribution in [1.82, 2.24) is 4.90 Å². The van der Waals surface area contributed by atoms with Crippen LogP contribution in [0.1, 0.15) is 44.2 Å². The van der Waals surface area contributed by atoms with Crippen LogP contribution in [0, 0.1) is 5.92 Å². The van der Waals surface area contributed by atoms with Crippen LogP contribution in [0.15, 0.2) is 24.3 Å². The molecule has 2 aliphatic heterocycles. The van der Waals surface area contributed by atoms with Crippen molar-refractivity contribution >= 4 is 11.7 Å². The van der Waals surface area contributed by atoms with Gasteiger partial charge >= 0.3 is 6.03 Å². The highest BCUT2D eigenvalue weighted by Crippen LogP contribution is 2.32. The van der Waals surface area contributed by atoms with Crippen LogP contribution in [0.4, 0.5) is 10.5 Å². The lowest BCUT2D eigenvalue weighted by Gasteiger charge is -2.35. The van der Waals surface area contributed by atoms with Gasteiger partial charge in [0.25, 0.3) is 0 Å². The lowest BCUT2D eigenvalue weighted by Crippen LogP contribution is -2.47. The molecule has 2 amide bonds. The van der Waals surface area contributed by atoms with E-state index in [1.165, 1.54) is 6.42 Å². The van der Waals surface area contributed by atoms with E-state index in [-0.39, 0.29) is 12.1 Å². The van der Waals surface area contributed by atoms with Crippen LogP contribution >= 0.6 is 0 Å². The van der Waals surface area contributed by atoms with Crippen molar-refractivity contribution in [3.63, 3.8) is 0 Å². The Kier molecular flexibility index (Phi) is 4.15. The summed E-state index contributed by atoms with van der Waals surface area (Å²) in [6, 6.07) is 8.30. The summed E-state index contributed by atoms with van der Waals surface area (Å²) in [6.07, 6.45) is 4.25. The number of anilines is 1. The third kappa shape index (κ3) is 2.91. The largest absolute Gasteiger partial charge is 0.324 e. The van der Waals surface area contributed by atoms with Crippen LogP contribution in [0.25, 0.3) is 0 Å². The third-order valence-electron chi connectivity index (χ3n) is 4.68. The number of rotatable bonds is 0. The summed E-state index contributed by atoms with van der Waals surface area (Å²) in [5.74, 6) is 0.604. The van der Waals surface area contributed by atoms with Gasteiger partial charge in [-0.15, -0.1) is 0 Å². The number of likely N-dealkylation sites (tertiary alicyclic amines) is 1. The van der Waals surface area contributed by atoms with Gasteiger partial charge in [0, 0.05) is 25.7 Å². The summed E-state index contributed by atoms with van der Waals surface area (Å²) in [5.41, 5.74) is 8.37. The number of amides is 2. The molecule has 0 radical (unpaired) electrons. The molecule has 1 aromatic rings. The molecule has 0 aliphatic carbocycles. The molecule has 1 aromatic carbocycles. The number of para-hydroxylation sites is 1. The molecular formula is C17H25N3O. The maximum absolute atomic E-state index is 12.9. The first kappa shape index (κ1) is 14.4. The van der Waals surface area contributed by atoms with Gasteiger partial charge in [-0.3, -0.25) is 4.90 Å².